The lowest BCUT2D eigenvalue weighted by molar-refractivity contribution is 0.184. The van der Waals surface area contributed by atoms with Crippen LogP contribution in [0.2, 0.25) is 0 Å². The maximum absolute atomic E-state index is 13.9. The van der Waals surface area contributed by atoms with E-state index in [0.717, 1.165) is 5.69 Å². The minimum atomic E-state index is -0.331. The number of pyridine rings is 1. The summed E-state index contributed by atoms with van der Waals surface area (Å²) in [6, 6.07) is 10.7. The van der Waals surface area contributed by atoms with Gasteiger partial charge in [-0.15, -0.1) is 0 Å². The molecule has 0 aliphatic carbocycles. The topological polar surface area (TPSA) is 48.5 Å². The molecular formula is C20H25FN4O. The Labute approximate surface area is 153 Å². The molecule has 1 unspecified atom stereocenters. The van der Waals surface area contributed by atoms with Crippen molar-refractivity contribution in [2.75, 3.05) is 29.9 Å². The highest BCUT2D eigenvalue weighted by molar-refractivity contribution is 5.89. The van der Waals surface area contributed by atoms with E-state index in [-0.39, 0.29) is 17.9 Å². The summed E-state index contributed by atoms with van der Waals surface area (Å²) in [5, 5.41) is 2.95. The Kier molecular flexibility index (Phi) is 5.40. The number of amides is 2. The maximum atomic E-state index is 13.9. The molecule has 5 nitrogen and oxygen atoms in total. The number of benzene rings is 1. The summed E-state index contributed by atoms with van der Waals surface area (Å²) in [5.74, 6) is 0.478. The fraction of sp³-hybridized carbons (Fsp3) is 0.400. The lowest BCUT2D eigenvalue weighted by Gasteiger charge is -2.40. The van der Waals surface area contributed by atoms with Crippen LogP contribution in [-0.2, 0) is 0 Å². The molecule has 1 fully saturated rings. The van der Waals surface area contributed by atoms with Crippen LogP contribution in [0.1, 0.15) is 32.3 Å². The van der Waals surface area contributed by atoms with E-state index in [0.29, 0.717) is 31.4 Å². The van der Waals surface area contributed by atoms with Gasteiger partial charge in [0, 0.05) is 37.6 Å². The van der Waals surface area contributed by atoms with Gasteiger partial charge < -0.3 is 15.1 Å². The van der Waals surface area contributed by atoms with E-state index in [1.165, 1.54) is 11.6 Å². The number of halogens is 1. The largest absolute Gasteiger partial charge is 0.350 e. The van der Waals surface area contributed by atoms with Crippen molar-refractivity contribution in [2.45, 2.75) is 32.7 Å². The first kappa shape index (κ1) is 18.2. The number of carbonyl (C=O) groups is 1. The molecule has 1 N–H and O–H groups in total. The van der Waals surface area contributed by atoms with E-state index in [4.69, 9.17) is 0 Å². The van der Waals surface area contributed by atoms with Gasteiger partial charge >= 0.3 is 6.03 Å². The number of urea groups is 1. The monoisotopic (exact) mass is 356 g/mol. The van der Waals surface area contributed by atoms with Crippen molar-refractivity contribution in [1.82, 2.24) is 9.88 Å². The first-order valence-corrected chi connectivity index (χ1v) is 8.98. The van der Waals surface area contributed by atoms with Crippen LogP contribution in [-0.4, -0.2) is 41.6 Å². The van der Waals surface area contributed by atoms with E-state index < -0.39 is 0 Å². The predicted octanol–water partition coefficient (Wildman–Crippen LogP) is 4.09. The number of piperazine rings is 1. The second-order valence-corrected chi connectivity index (χ2v) is 7.00. The van der Waals surface area contributed by atoms with Gasteiger partial charge in [-0.25, -0.2) is 14.2 Å². The Morgan fingerprint density at radius 1 is 1.23 bits per heavy atom. The molecule has 2 heterocycles. The van der Waals surface area contributed by atoms with Crippen LogP contribution in [0, 0.1) is 5.82 Å². The fourth-order valence-electron chi connectivity index (χ4n) is 3.21. The molecule has 26 heavy (non-hydrogen) atoms. The van der Waals surface area contributed by atoms with Crippen molar-refractivity contribution >= 4 is 17.5 Å². The van der Waals surface area contributed by atoms with E-state index in [1.807, 2.05) is 36.1 Å². The van der Waals surface area contributed by atoms with Crippen molar-refractivity contribution in [3.8, 4) is 0 Å². The molecule has 0 spiro atoms. The molecule has 138 valence electrons. The minimum absolute atomic E-state index is 0.0416. The highest BCUT2D eigenvalue weighted by Crippen LogP contribution is 2.21. The smallest absolute Gasteiger partial charge is 0.322 e. The summed E-state index contributed by atoms with van der Waals surface area (Å²) < 4.78 is 13.9. The molecule has 1 aliphatic rings. The zero-order valence-corrected chi connectivity index (χ0v) is 15.4. The molecule has 2 amide bonds. The van der Waals surface area contributed by atoms with Gasteiger partial charge in [0.2, 0.25) is 0 Å². The normalized spacial score (nSPS) is 17.5. The number of anilines is 2. The van der Waals surface area contributed by atoms with Gasteiger partial charge in [-0.3, -0.25) is 0 Å². The standard InChI is InChI=1S/C20H25FN4O/c1-14(2)16-6-8-17(9-7-16)23-20(26)25-12-11-24(13-15(25)3)19-18(21)5-4-10-22-19/h4-10,14-15H,11-13H2,1-3H3,(H,23,26). The average Bonchev–Trinajstić information content (AvgIpc) is 2.62. The zero-order valence-electron chi connectivity index (χ0n) is 15.4. The van der Waals surface area contributed by atoms with Crippen LogP contribution in [0.3, 0.4) is 0 Å². The van der Waals surface area contributed by atoms with Gasteiger partial charge in [-0.2, -0.15) is 0 Å². The van der Waals surface area contributed by atoms with Gasteiger partial charge in [0.05, 0.1) is 0 Å². The summed E-state index contributed by atoms with van der Waals surface area (Å²) in [7, 11) is 0. The summed E-state index contributed by atoms with van der Waals surface area (Å²) >= 11 is 0. The quantitative estimate of drug-likeness (QED) is 0.901. The van der Waals surface area contributed by atoms with Gasteiger partial charge in [-0.1, -0.05) is 26.0 Å². The number of nitrogens with zero attached hydrogens (tertiary/aromatic N) is 3. The summed E-state index contributed by atoms with van der Waals surface area (Å²) in [6.07, 6.45) is 1.59. The third kappa shape index (κ3) is 3.95. The number of aromatic nitrogens is 1. The second kappa shape index (κ2) is 7.72. The summed E-state index contributed by atoms with van der Waals surface area (Å²) in [4.78, 5) is 20.4. The molecule has 0 radical (unpaired) electrons. The molecule has 0 bridgehead atoms. The molecule has 0 saturated carbocycles. The third-order valence-corrected chi connectivity index (χ3v) is 4.76. The molecule has 3 rings (SSSR count). The van der Waals surface area contributed by atoms with Crippen molar-refractivity contribution < 1.29 is 9.18 Å². The highest BCUT2D eigenvalue weighted by Gasteiger charge is 2.29. The van der Waals surface area contributed by atoms with Crippen LogP contribution in [0.4, 0.5) is 20.7 Å². The lowest BCUT2D eigenvalue weighted by Crippen LogP contribution is -2.55. The molecule has 1 aromatic carbocycles. The summed E-state index contributed by atoms with van der Waals surface area (Å²) in [6.45, 7) is 7.87. The van der Waals surface area contributed by atoms with Crippen molar-refractivity contribution in [1.29, 1.82) is 0 Å². The predicted molar refractivity (Wildman–Crippen MR) is 102 cm³/mol. The summed E-state index contributed by atoms with van der Waals surface area (Å²) in [5.41, 5.74) is 2.02. The minimum Gasteiger partial charge on any atom is -0.350 e. The second-order valence-electron chi connectivity index (χ2n) is 7.00. The third-order valence-electron chi connectivity index (χ3n) is 4.76. The Morgan fingerprint density at radius 2 is 1.96 bits per heavy atom. The molecule has 2 aromatic rings. The van der Waals surface area contributed by atoms with Gasteiger partial charge in [-0.05, 0) is 42.7 Å². The van der Waals surface area contributed by atoms with E-state index >= 15 is 0 Å². The van der Waals surface area contributed by atoms with Crippen LogP contribution in [0.15, 0.2) is 42.6 Å². The van der Waals surface area contributed by atoms with E-state index in [1.54, 1.807) is 17.2 Å². The molecule has 1 saturated heterocycles. The molecule has 1 aliphatic heterocycles. The molecule has 1 aromatic heterocycles. The van der Waals surface area contributed by atoms with Crippen molar-refractivity contribution in [2.24, 2.45) is 0 Å². The Balaban J connectivity index is 1.62. The van der Waals surface area contributed by atoms with Gasteiger partial charge in [0.15, 0.2) is 11.6 Å². The number of nitrogens with one attached hydrogen (secondary N) is 1. The fourth-order valence-corrected chi connectivity index (χ4v) is 3.21. The number of hydrogen-bond acceptors (Lipinski definition) is 3. The number of rotatable bonds is 3. The van der Waals surface area contributed by atoms with Crippen LogP contribution in [0.5, 0.6) is 0 Å². The number of hydrogen-bond donors (Lipinski definition) is 1. The Hall–Kier alpha value is -2.63. The van der Waals surface area contributed by atoms with Crippen LogP contribution >= 0.6 is 0 Å². The van der Waals surface area contributed by atoms with Crippen molar-refractivity contribution in [3.63, 3.8) is 0 Å². The first-order valence-electron chi connectivity index (χ1n) is 8.98. The van der Waals surface area contributed by atoms with Gasteiger partial charge in [0.1, 0.15) is 0 Å². The van der Waals surface area contributed by atoms with Crippen molar-refractivity contribution in [3.05, 3.63) is 54.0 Å². The maximum Gasteiger partial charge on any atom is 0.322 e. The molecular weight excluding hydrogens is 331 g/mol. The van der Waals surface area contributed by atoms with Crippen LogP contribution in [0.25, 0.3) is 0 Å². The van der Waals surface area contributed by atoms with E-state index in [2.05, 4.69) is 24.1 Å². The Bertz CT molecular complexity index is 763. The highest BCUT2D eigenvalue weighted by atomic mass is 19.1. The number of carbonyl (C=O) groups excluding carboxylic acids is 1. The molecule has 6 heteroatoms. The van der Waals surface area contributed by atoms with E-state index in [9.17, 15) is 9.18 Å². The van der Waals surface area contributed by atoms with Crippen LogP contribution < -0.4 is 10.2 Å². The lowest BCUT2D eigenvalue weighted by atomic mass is 10.0. The average molecular weight is 356 g/mol. The van der Waals surface area contributed by atoms with Gasteiger partial charge in [0.25, 0.3) is 0 Å². The zero-order chi connectivity index (χ0) is 18.7. The molecule has 1 atom stereocenters. The SMILES string of the molecule is CC(C)c1ccc(NC(=O)N2CCN(c3ncccc3F)CC2C)cc1. The Morgan fingerprint density at radius 3 is 2.58 bits per heavy atom. The first-order chi connectivity index (χ1) is 12.5.